The van der Waals surface area contributed by atoms with Crippen LogP contribution in [0, 0.1) is 5.92 Å². The van der Waals surface area contributed by atoms with Gasteiger partial charge in [0, 0.05) is 18.8 Å². The first kappa shape index (κ1) is 10.9. The third-order valence-corrected chi connectivity index (χ3v) is 4.22. The highest BCUT2D eigenvalue weighted by atomic mass is 32.2. The molecule has 1 aliphatic rings. The van der Waals surface area contributed by atoms with Crippen molar-refractivity contribution in [2.24, 2.45) is 5.92 Å². The SMILES string of the molecule is c1cc2nc(NCC3CCSCC3)ccn2n1. The van der Waals surface area contributed by atoms with E-state index in [9.17, 15) is 0 Å². The zero-order valence-corrected chi connectivity index (χ0v) is 10.5. The lowest BCUT2D eigenvalue weighted by Crippen LogP contribution is -2.19. The summed E-state index contributed by atoms with van der Waals surface area (Å²) in [6, 6.07) is 3.90. The molecule has 90 valence electrons. The first-order valence-corrected chi connectivity index (χ1v) is 7.19. The maximum Gasteiger partial charge on any atom is 0.157 e. The summed E-state index contributed by atoms with van der Waals surface area (Å²) in [6.07, 6.45) is 6.37. The zero-order chi connectivity index (χ0) is 11.5. The van der Waals surface area contributed by atoms with E-state index >= 15 is 0 Å². The molecular formula is C12H16N4S. The van der Waals surface area contributed by atoms with Crippen LogP contribution in [0.25, 0.3) is 5.65 Å². The Kier molecular flexibility index (Phi) is 3.18. The summed E-state index contributed by atoms with van der Waals surface area (Å²) in [6.45, 7) is 1.04. The van der Waals surface area contributed by atoms with E-state index in [2.05, 4.69) is 27.2 Å². The van der Waals surface area contributed by atoms with E-state index in [4.69, 9.17) is 0 Å². The van der Waals surface area contributed by atoms with Crippen LogP contribution in [0.4, 0.5) is 5.82 Å². The maximum atomic E-state index is 4.50. The fraction of sp³-hybridized carbons (Fsp3) is 0.500. The van der Waals surface area contributed by atoms with Gasteiger partial charge < -0.3 is 5.32 Å². The fourth-order valence-electron chi connectivity index (χ4n) is 2.11. The molecule has 0 radical (unpaired) electrons. The van der Waals surface area contributed by atoms with Crippen LogP contribution in [0.15, 0.2) is 24.5 Å². The van der Waals surface area contributed by atoms with E-state index in [0.29, 0.717) is 0 Å². The Morgan fingerprint density at radius 2 is 2.24 bits per heavy atom. The normalized spacial score (nSPS) is 17.4. The van der Waals surface area contributed by atoms with Crippen molar-refractivity contribution in [3.63, 3.8) is 0 Å². The standard InChI is InChI=1S/C12H16N4S/c1-5-14-16-6-2-11(15-12(1)16)13-9-10-3-7-17-8-4-10/h1-2,5-6,10H,3-4,7-9H2,(H,13,15). The second kappa shape index (κ2) is 4.96. The Bertz CT molecular complexity index is 490. The first-order chi connectivity index (χ1) is 8.42. The van der Waals surface area contributed by atoms with Gasteiger partial charge in [-0.1, -0.05) is 0 Å². The summed E-state index contributed by atoms with van der Waals surface area (Å²) in [5.41, 5.74) is 0.897. The lowest BCUT2D eigenvalue weighted by atomic mass is 10.0. The number of nitrogens with one attached hydrogen (secondary N) is 1. The molecule has 1 N–H and O–H groups in total. The van der Waals surface area contributed by atoms with Crippen molar-refractivity contribution in [2.45, 2.75) is 12.8 Å². The Morgan fingerprint density at radius 1 is 1.35 bits per heavy atom. The van der Waals surface area contributed by atoms with Crippen LogP contribution in [-0.4, -0.2) is 32.6 Å². The fourth-order valence-corrected chi connectivity index (χ4v) is 3.31. The zero-order valence-electron chi connectivity index (χ0n) is 9.67. The Hall–Kier alpha value is -1.23. The number of fused-ring (bicyclic) bond motifs is 1. The Balaban J connectivity index is 1.63. The highest BCUT2D eigenvalue weighted by molar-refractivity contribution is 7.99. The average Bonchev–Trinajstić information content (AvgIpc) is 2.85. The number of aromatic nitrogens is 3. The molecule has 0 saturated carbocycles. The highest BCUT2D eigenvalue weighted by Gasteiger charge is 2.13. The Morgan fingerprint density at radius 3 is 3.12 bits per heavy atom. The van der Waals surface area contributed by atoms with Gasteiger partial charge in [0.1, 0.15) is 5.82 Å². The first-order valence-electron chi connectivity index (χ1n) is 6.04. The minimum absolute atomic E-state index is 0.805. The number of rotatable bonds is 3. The van der Waals surface area contributed by atoms with Crippen molar-refractivity contribution in [1.29, 1.82) is 0 Å². The van der Waals surface area contributed by atoms with Crippen LogP contribution in [0.5, 0.6) is 0 Å². The summed E-state index contributed by atoms with van der Waals surface area (Å²) in [5.74, 6) is 4.37. The van der Waals surface area contributed by atoms with Gasteiger partial charge in [0.25, 0.3) is 0 Å². The summed E-state index contributed by atoms with van der Waals surface area (Å²) in [7, 11) is 0. The topological polar surface area (TPSA) is 42.2 Å². The number of nitrogens with zero attached hydrogens (tertiary/aromatic N) is 3. The summed E-state index contributed by atoms with van der Waals surface area (Å²) < 4.78 is 1.78. The van der Waals surface area contributed by atoms with Crippen molar-refractivity contribution < 1.29 is 0 Å². The van der Waals surface area contributed by atoms with Crippen LogP contribution in [0.3, 0.4) is 0 Å². The van der Waals surface area contributed by atoms with Gasteiger partial charge in [-0.2, -0.15) is 16.9 Å². The predicted molar refractivity (Wildman–Crippen MR) is 71.5 cm³/mol. The van der Waals surface area contributed by atoms with Gasteiger partial charge >= 0.3 is 0 Å². The number of hydrogen-bond acceptors (Lipinski definition) is 4. The van der Waals surface area contributed by atoms with E-state index in [1.165, 1.54) is 24.3 Å². The molecule has 17 heavy (non-hydrogen) atoms. The molecule has 1 aliphatic heterocycles. The van der Waals surface area contributed by atoms with Gasteiger partial charge in [0.05, 0.1) is 6.20 Å². The predicted octanol–water partition coefficient (Wildman–Crippen LogP) is 2.28. The van der Waals surface area contributed by atoms with Crippen LogP contribution < -0.4 is 5.32 Å². The third-order valence-electron chi connectivity index (χ3n) is 3.17. The van der Waals surface area contributed by atoms with Gasteiger partial charge in [-0.15, -0.1) is 0 Å². The van der Waals surface area contributed by atoms with Gasteiger partial charge in [-0.05, 0) is 36.3 Å². The molecule has 0 atom stereocenters. The van der Waals surface area contributed by atoms with Crippen molar-refractivity contribution in [3.05, 3.63) is 24.5 Å². The molecule has 3 rings (SSSR count). The van der Waals surface area contributed by atoms with Crippen molar-refractivity contribution in [2.75, 3.05) is 23.4 Å². The van der Waals surface area contributed by atoms with Crippen LogP contribution in [-0.2, 0) is 0 Å². The van der Waals surface area contributed by atoms with Crippen LogP contribution in [0.1, 0.15) is 12.8 Å². The van der Waals surface area contributed by atoms with E-state index in [0.717, 1.165) is 23.9 Å². The number of hydrogen-bond donors (Lipinski definition) is 1. The molecule has 4 nitrogen and oxygen atoms in total. The van der Waals surface area contributed by atoms with E-state index < -0.39 is 0 Å². The molecule has 1 saturated heterocycles. The van der Waals surface area contributed by atoms with Gasteiger partial charge in [0.15, 0.2) is 5.65 Å². The molecular weight excluding hydrogens is 232 g/mol. The Labute approximate surface area is 105 Å². The molecule has 0 aromatic carbocycles. The van der Waals surface area contributed by atoms with Crippen molar-refractivity contribution >= 4 is 23.2 Å². The van der Waals surface area contributed by atoms with Gasteiger partial charge in [0.2, 0.25) is 0 Å². The molecule has 0 spiro atoms. The minimum atomic E-state index is 0.805. The smallest absolute Gasteiger partial charge is 0.157 e. The van der Waals surface area contributed by atoms with Gasteiger partial charge in [-0.25, -0.2) is 9.50 Å². The lowest BCUT2D eigenvalue weighted by molar-refractivity contribution is 0.515. The lowest BCUT2D eigenvalue weighted by Gasteiger charge is -2.21. The molecule has 2 aromatic rings. The molecule has 0 amide bonds. The third kappa shape index (κ3) is 2.54. The largest absolute Gasteiger partial charge is 0.370 e. The van der Waals surface area contributed by atoms with E-state index in [1.807, 2.05) is 18.3 Å². The molecule has 0 bridgehead atoms. The van der Waals surface area contributed by atoms with E-state index in [-0.39, 0.29) is 0 Å². The molecule has 0 unspecified atom stereocenters. The minimum Gasteiger partial charge on any atom is -0.370 e. The van der Waals surface area contributed by atoms with E-state index in [1.54, 1.807) is 10.7 Å². The molecule has 2 aromatic heterocycles. The summed E-state index contributed by atoms with van der Waals surface area (Å²) in [4.78, 5) is 4.50. The highest BCUT2D eigenvalue weighted by Crippen LogP contribution is 2.22. The number of anilines is 1. The molecule has 5 heteroatoms. The molecule has 3 heterocycles. The molecule has 1 fully saturated rings. The second-order valence-corrected chi connectivity index (χ2v) is 5.61. The average molecular weight is 248 g/mol. The quantitative estimate of drug-likeness (QED) is 0.905. The van der Waals surface area contributed by atoms with Crippen molar-refractivity contribution in [1.82, 2.24) is 14.6 Å². The summed E-state index contributed by atoms with van der Waals surface area (Å²) in [5, 5.41) is 7.57. The van der Waals surface area contributed by atoms with Crippen molar-refractivity contribution in [3.8, 4) is 0 Å². The molecule has 0 aliphatic carbocycles. The monoisotopic (exact) mass is 248 g/mol. The van der Waals surface area contributed by atoms with Crippen LogP contribution >= 0.6 is 11.8 Å². The maximum absolute atomic E-state index is 4.50. The number of thioether (sulfide) groups is 1. The summed E-state index contributed by atoms with van der Waals surface area (Å²) >= 11 is 2.07. The second-order valence-electron chi connectivity index (χ2n) is 4.38. The van der Waals surface area contributed by atoms with Gasteiger partial charge in [-0.3, -0.25) is 0 Å². The van der Waals surface area contributed by atoms with Crippen LogP contribution in [0.2, 0.25) is 0 Å².